The fourth-order valence-electron chi connectivity index (χ4n) is 4.80. The Morgan fingerprint density at radius 2 is 1.76 bits per heavy atom. The summed E-state index contributed by atoms with van der Waals surface area (Å²) in [4.78, 5) is 6.76. The first-order valence-electron chi connectivity index (χ1n) is 11.1. The summed E-state index contributed by atoms with van der Waals surface area (Å²) in [5.74, 6) is 1.03. The number of phenols is 1. The number of aromatic nitrogens is 2. The van der Waals surface area contributed by atoms with Crippen molar-refractivity contribution in [1.82, 2.24) is 14.9 Å². The molecule has 0 unspecified atom stereocenters. The number of pyridine rings is 1. The Hall–Kier alpha value is -3.84. The molecule has 0 aliphatic carbocycles. The smallest absolute Gasteiger partial charge is 0.174 e. The van der Waals surface area contributed by atoms with Gasteiger partial charge in [-0.15, -0.1) is 0 Å². The minimum atomic E-state index is -0.137. The van der Waals surface area contributed by atoms with Gasteiger partial charge in [-0.25, -0.2) is 0 Å². The number of nitrogens with zero attached hydrogens (tertiary/aromatic N) is 3. The van der Waals surface area contributed by atoms with Crippen molar-refractivity contribution >= 4 is 23.0 Å². The van der Waals surface area contributed by atoms with Crippen molar-refractivity contribution in [3.63, 3.8) is 0 Å². The summed E-state index contributed by atoms with van der Waals surface area (Å²) in [5, 5.41) is 14.0. The molecule has 1 aliphatic rings. The van der Waals surface area contributed by atoms with Crippen LogP contribution < -0.4 is 15.0 Å². The number of anilines is 1. The van der Waals surface area contributed by atoms with Crippen LogP contribution in [0.5, 0.6) is 11.5 Å². The van der Waals surface area contributed by atoms with Crippen LogP contribution in [0, 0.1) is 13.8 Å². The lowest BCUT2D eigenvalue weighted by molar-refractivity contribution is 0.414. The van der Waals surface area contributed by atoms with E-state index in [1.54, 1.807) is 25.4 Å². The highest BCUT2D eigenvalue weighted by Crippen LogP contribution is 2.44. The molecule has 1 fully saturated rings. The second-order valence-electron chi connectivity index (χ2n) is 8.38. The highest BCUT2D eigenvalue weighted by molar-refractivity contribution is 7.80. The van der Waals surface area contributed by atoms with Crippen LogP contribution in [0.2, 0.25) is 0 Å². The highest BCUT2D eigenvalue weighted by Gasteiger charge is 2.42. The van der Waals surface area contributed by atoms with Gasteiger partial charge in [0.25, 0.3) is 0 Å². The van der Waals surface area contributed by atoms with Crippen LogP contribution in [0.3, 0.4) is 0 Å². The average Bonchev–Trinajstić information content (AvgIpc) is 3.35. The van der Waals surface area contributed by atoms with E-state index in [0.29, 0.717) is 5.11 Å². The van der Waals surface area contributed by atoms with Crippen molar-refractivity contribution < 1.29 is 9.84 Å². The molecule has 2 aromatic heterocycles. The maximum atomic E-state index is 9.84. The number of benzene rings is 2. The fraction of sp³-hybridized carbons (Fsp3) is 0.185. The molecule has 5 rings (SSSR count). The lowest BCUT2D eigenvalue weighted by Gasteiger charge is -2.28. The molecule has 2 N–H and O–H groups in total. The zero-order chi connectivity index (χ0) is 23.8. The molecule has 3 heterocycles. The summed E-state index contributed by atoms with van der Waals surface area (Å²) >= 11 is 5.82. The predicted octanol–water partition coefficient (Wildman–Crippen LogP) is 5.38. The topological polar surface area (TPSA) is 62.5 Å². The average molecular weight is 471 g/mol. The van der Waals surface area contributed by atoms with E-state index in [1.807, 2.05) is 48.5 Å². The van der Waals surface area contributed by atoms with Crippen LogP contribution in [0.1, 0.15) is 34.7 Å². The van der Waals surface area contributed by atoms with E-state index in [2.05, 4.69) is 45.7 Å². The van der Waals surface area contributed by atoms with Gasteiger partial charge in [-0.3, -0.25) is 4.98 Å². The van der Waals surface area contributed by atoms with Gasteiger partial charge in [0.15, 0.2) is 5.11 Å². The summed E-state index contributed by atoms with van der Waals surface area (Å²) in [6, 6.07) is 23.1. The van der Waals surface area contributed by atoms with Gasteiger partial charge in [0.1, 0.15) is 11.5 Å². The van der Waals surface area contributed by atoms with Gasteiger partial charge >= 0.3 is 0 Å². The monoisotopic (exact) mass is 470 g/mol. The third-order valence-electron chi connectivity index (χ3n) is 6.33. The van der Waals surface area contributed by atoms with Crippen LogP contribution in [0.4, 0.5) is 5.69 Å². The van der Waals surface area contributed by atoms with Gasteiger partial charge in [-0.1, -0.05) is 12.1 Å². The van der Waals surface area contributed by atoms with Crippen molar-refractivity contribution in [1.29, 1.82) is 0 Å². The van der Waals surface area contributed by atoms with Crippen molar-refractivity contribution in [2.45, 2.75) is 25.9 Å². The Labute approximate surface area is 204 Å². The standard InChI is InChI=1S/C27H26N4O2S/c1-17-15-23(18(2)30(17)20-7-6-8-22(16-20)33-3)26-25(24-9-4-5-14-28-24)29-27(34)31(26)19-10-12-21(32)13-11-19/h4-16,25-26,32H,1-3H3,(H,29,34)/t25-,26+/m1/s1. The Kier molecular flexibility index (Phi) is 5.71. The van der Waals surface area contributed by atoms with E-state index in [1.165, 1.54) is 0 Å². The Balaban J connectivity index is 1.67. The highest BCUT2D eigenvalue weighted by atomic mass is 32.1. The van der Waals surface area contributed by atoms with Crippen molar-refractivity contribution in [2.24, 2.45) is 0 Å². The first-order chi connectivity index (χ1) is 16.5. The van der Waals surface area contributed by atoms with Gasteiger partial charge < -0.3 is 24.6 Å². The van der Waals surface area contributed by atoms with Crippen LogP contribution >= 0.6 is 12.2 Å². The minimum absolute atomic E-state index is 0.127. The zero-order valence-corrected chi connectivity index (χ0v) is 20.1. The third-order valence-corrected chi connectivity index (χ3v) is 6.64. The lowest BCUT2D eigenvalue weighted by atomic mass is 9.96. The first kappa shape index (κ1) is 22.0. The number of aryl methyl sites for hydroxylation is 1. The molecule has 1 saturated heterocycles. The minimum Gasteiger partial charge on any atom is -0.508 e. The molecule has 7 heteroatoms. The van der Waals surface area contributed by atoms with Gasteiger partial charge in [0, 0.05) is 35.0 Å². The lowest BCUT2D eigenvalue weighted by Crippen LogP contribution is -2.29. The fourth-order valence-corrected chi connectivity index (χ4v) is 5.14. The molecule has 2 aromatic carbocycles. The second kappa shape index (κ2) is 8.83. The summed E-state index contributed by atoms with van der Waals surface area (Å²) in [6.45, 7) is 4.24. The summed E-state index contributed by atoms with van der Waals surface area (Å²) in [7, 11) is 1.68. The summed E-state index contributed by atoms with van der Waals surface area (Å²) in [6.07, 6.45) is 1.81. The SMILES string of the molecule is COc1cccc(-n2c(C)cc([C@H]3[C@@H](c4ccccn4)NC(=S)N3c3ccc(O)cc3)c2C)c1. The van der Waals surface area contributed by atoms with Crippen LogP contribution in [0.25, 0.3) is 5.69 Å². The molecule has 2 atom stereocenters. The molecule has 4 aromatic rings. The number of phenolic OH excluding ortho intramolecular Hbond substituents is 1. The van der Waals surface area contributed by atoms with Crippen molar-refractivity contribution in [3.05, 3.63) is 102 Å². The van der Waals surface area contributed by atoms with E-state index in [-0.39, 0.29) is 17.8 Å². The number of ether oxygens (including phenoxy) is 1. The van der Waals surface area contributed by atoms with E-state index in [0.717, 1.165) is 39.8 Å². The normalized spacial score (nSPS) is 17.6. The summed E-state index contributed by atoms with van der Waals surface area (Å²) < 4.78 is 7.70. The number of methoxy groups -OCH3 is 1. The number of hydrogen-bond donors (Lipinski definition) is 2. The zero-order valence-electron chi connectivity index (χ0n) is 19.3. The molecule has 6 nitrogen and oxygen atoms in total. The maximum absolute atomic E-state index is 9.84. The van der Waals surface area contributed by atoms with Gasteiger partial charge in [0.05, 0.1) is 24.9 Å². The molecule has 0 radical (unpaired) electrons. The molecule has 0 amide bonds. The predicted molar refractivity (Wildman–Crippen MR) is 138 cm³/mol. The quantitative estimate of drug-likeness (QED) is 0.382. The number of rotatable bonds is 5. The molecule has 34 heavy (non-hydrogen) atoms. The molecule has 172 valence electrons. The Morgan fingerprint density at radius 1 is 0.971 bits per heavy atom. The summed E-state index contributed by atoms with van der Waals surface area (Å²) in [5.41, 5.74) is 6.25. The number of nitrogens with one attached hydrogen (secondary N) is 1. The third kappa shape index (κ3) is 3.78. The Morgan fingerprint density at radius 3 is 2.47 bits per heavy atom. The molecular weight excluding hydrogens is 444 g/mol. The largest absolute Gasteiger partial charge is 0.508 e. The molecule has 1 aliphatic heterocycles. The molecule has 0 spiro atoms. The maximum Gasteiger partial charge on any atom is 0.174 e. The molecule has 0 bridgehead atoms. The van der Waals surface area contributed by atoms with Crippen LogP contribution in [-0.2, 0) is 0 Å². The number of hydrogen-bond acceptors (Lipinski definition) is 4. The van der Waals surface area contributed by atoms with E-state index in [9.17, 15) is 5.11 Å². The van der Waals surface area contributed by atoms with E-state index in [4.69, 9.17) is 17.0 Å². The Bertz CT molecular complexity index is 1330. The van der Waals surface area contributed by atoms with Gasteiger partial charge in [-0.2, -0.15) is 0 Å². The number of aromatic hydroxyl groups is 1. The van der Waals surface area contributed by atoms with Crippen molar-refractivity contribution in [2.75, 3.05) is 12.0 Å². The van der Waals surface area contributed by atoms with Crippen LogP contribution in [-0.4, -0.2) is 26.9 Å². The molecular formula is C27H26N4O2S. The first-order valence-corrected chi connectivity index (χ1v) is 11.5. The number of thiocarbonyl (C=S) groups is 1. The van der Waals surface area contributed by atoms with Gasteiger partial charge in [-0.05, 0) is 86.2 Å². The molecule has 0 saturated carbocycles. The van der Waals surface area contributed by atoms with Crippen molar-refractivity contribution in [3.8, 4) is 17.2 Å². The van der Waals surface area contributed by atoms with Crippen LogP contribution in [0.15, 0.2) is 79.0 Å². The van der Waals surface area contributed by atoms with E-state index >= 15 is 0 Å². The second-order valence-corrected chi connectivity index (χ2v) is 8.76. The van der Waals surface area contributed by atoms with Gasteiger partial charge in [0.2, 0.25) is 0 Å². The van der Waals surface area contributed by atoms with E-state index < -0.39 is 0 Å².